The second kappa shape index (κ2) is 11.9. The van der Waals surface area contributed by atoms with Gasteiger partial charge in [-0.1, -0.05) is 5.21 Å². The van der Waals surface area contributed by atoms with Crippen LogP contribution in [0.3, 0.4) is 0 Å². The monoisotopic (exact) mass is 678 g/mol. The number of aromatic nitrogens is 9. The number of hydrogen-bond donors (Lipinski definition) is 7. The molecule has 2 aliphatic heterocycles. The third kappa shape index (κ3) is 5.89. The number of H-pyrrole nitrogens is 1. The van der Waals surface area contributed by atoms with Crippen molar-refractivity contribution < 1.29 is 56.8 Å². The molecule has 242 valence electrons. The number of halogens is 1. The summed E-state index contributed by atoms with van der Waals surface area (Å²) in [5, 5.41) is 28.7. The fourth-order valence-electron chi connectivity index (χ4n) is 4.71. The number of fused-ring (bicyclic) bond motifs is 2. The number of alkyl halides is 1. The number of ether oxygens (including phenoxy) is 3. The number of nitrogens with one attached hydrogen (secondary N) is 1. The third-order valence-corrected chi connectivity index (χ3v) is 8.08. The summed E-state index contributed by atoms with van der Waals surface area (Å²) >= 11 is 0. The summed E-state index contributed by atoms with van der Waals surface area (Å²) in [7, 11) is -8.08. The minimum atomic E-state index is -5.23. The van der Waals surface area contributed by atoms with Crippen molar-refractivity contribution in [2.45, 2.75) is 49.3 Å². The Balaban J connectivity index is 1.20. The highest BCUT2D eigenvalue weighted by Crippen LogP contribution is 2.50. The molecular formula is C19H23FN11O12P2+. The summed E-state index contributed by atoms with van der Waals surface area (Å²) in [4.78, 5) is 49.8. The first-order valence-corrected chi connectivity index (χ1v) is 15.5. The Morgan fingerprint density at radius 3 is 2.67 bits per heavy atom. The van der Waals surface area contributed by atoms with Gasteiger partial charge in [-0.25, -0.2) is 23.9 Å². The third-order valence-electron chi connectivity index (χ3n) is 6.73. The molecule has 4 aromatic rings. The van der Waals surface area contributed by atoms with Crippen LogP contribution in [0.15, 0.2) is 17.4 Å². The lowest BCUT2D eigenvalue weighted by Gasteiger charge is -2.24. The molecule has 9 N–H and O–H groups in total. The lowest BCUT2D eigenvalue weighted by molar-refractivity contribution is -0.168. The van der Waals surface area contributed by atoms with Gasteiger partial charge in [0.05, 0.1) is 12.9 Å². The maximum atomic E-state index is 15.1. The normalized spacial score (nSPS) is 30.3. The van der Waals surface area contributed by atoms with Gasteiger partial charge in [-0.3, -0.25) is 23.4 Å². The summed E-state index contributed by atoms with van der Waals surface area (Å²) in [6, 6.07) is 0. The van der Waals surface area contributed by atoms with Gasteiger partial charge in [0.2, 0.25) is 5.95 Å². The Kier molecular flexibility index (Phi) is 8.30. The molecule has 26 heteroatoms. The highest BCUT2D eigenvalue weighted by molar-refractivity contribution is 7.47. The zero-order valence-electron chi connectivity index (χ0n) is 22.2. The van der Waals surface area contributed by atoms with Crippen molar-refractivity contribution in [3.63, 3.8) is 0 Å². The van der Waals surface area contributed by atoms with Gasteiger partial charge in [-0.2, -0.15) is 14.6 Å². The molecule has 6 heterocycles. The molecule has 2 saturated heterocycles. The van der Waals surface area contributed by atoms with E-state index in [-0.39, 0.29) is 34.1 Å². The highest BCUT2D eigenvalue weighted by Gasteiger charge is 2.52. The SMILES string of the molecule is Nc1nc2c(nnn2[C@@H]2O[C@H](OC[P+](=O)O)[C@H](O)[C@@H]2OP(=O)(O)OC[C@H]2O[C@@H](n3cnc4c(N)ncnc43)[C@@H](F)[C@H]2O)c(=O)[nH]1. The lowest BCUT2D eigenvalue weighted by Crippen LogP contribution is -2.35. The van der Waals surface area contributed by atoms with Crippen LogP contribution >= 0.6 is 15.9 Å². The minimum Gasteiger partial charge on any atom is -0.387 e. The van der Waals surface area contributed by atoms with Crippen molar-refractivity contribution in [3.8, 4) is 0 Å². The van der Waals surface area contributed by atoms with Gasteiger partial charge in [-0.05, 0) is 4.57 Å². The molecule has 0 saturated carbocycles. The average molecular weight is 678 g/mol. The van der Waals surface area contributed by atoms with E-state index in [0.717, 1.165) is 15.6 Å². The summed E-state index contributed by atoms with van der Waals surface area (Å²) in [5.74, 6) is -0.336. The fourth-order valence-corrected chi connectivity index (χ4v) is 5.91. The Hall–Kier alpha value is -3.67. The van der Waals surface area contributed by atoms with Crippen LogP contribution in [0.5, 0.6) is 0 Å². The zero-order chi connectivity index (χ0) is 32.2. The molecule has 4 aromatic heterocycles. The summed E-state index contributed by atoms with van der Waals surface area (Å²) < 4.78 is 67.6. The van der Waals surface area contributed by atoms with Crippen LogP contribution in [0.1, 0.15) is 12.5 Å². The summed E-state index contributed by atoms with van der Waals surface area (Å²) in [5.41, 5.74) is 10.2. The predicted octanol–water partition coefficient (Wildman–Crippen LogP) is -2.46. The molecule has 0 radical (unpaired) electrons. The van der Waals surface area contributed by atoms with Gasteiger partial charge in [0, 0.05) is 0 Å². The first kappa shape index (κ1) is 31.3. The standard InChI is InChI=1S/C19H22FN11O12P2/c20-6-9(32)5(41-16(6)30-3-25-7-12(21)23-2-24-13(7)30)1-40-45(37,38)43-11-10(33)18(39-4-44(35)36)42-17(11)31-14-8(28-29-31)15(34)27-19(22)26-14/h2-3,5-6,9-11,16-18,32-33H,1,4H2,(H6-,21,22,23,24,26,27,29,34,35,36,37,38)/p+1/t5-,6+,9+,10-,11+,16-,17-,18+/m1/s1. The molecule has 2 unspecified atom stereocenters. The van der Waals surface area contributed by atoms with Crippen molar-refractivity contribution >= 4 is 49.9 Å². The second-order valence-electron chi connectivity index (χ2n) is 9.61. The van der Waals surface area contributed by atoms with E-state index in [4.69, 9.17) is 39.6 Å². The van der Waals surface area contributed by atoms with Crippen molar-refractivity contribution in [1.29, 1.82) is 0 Å². The van der Waals surface area contributed by atoms with Crippen molar-refractivity contribution in [2.75, 3.05) is 24.4 Å². The number of anilines is 2. The Morgan fingerprint density at radius 2 is 1.91 bits per heavy atom. The number of imidazole rings is 1. The molecule has 0 bridgehead atoms. The van der Waals surface area contributed by atoms with Crippen LogP contribution in [-0.4, -0.2) is 114 Å². The Morgan fingerprint density at radius 1 is 1.13 bits per heavy atom. The highest BCUT2D eigenvalue weighted by atomic mass is 31.2. The number of phosphoric acid groups is 1. The molecule has 2 fully saturated rings. The van der Waals surface area contributed by atoms with Gasteiger partial charge in [-0.15, -0.1) is 5.10 Å². The quantitative estimate of drug-likeness (QED) is 0.0855. The summed E-state index contributed by atoms with van der Waals surface area (Å²) in [6.07, 6.45) is -12.7. The number of rotatable bonds is 10. The van der Waals surface area contributed by atoms with Crippen LogP contribution in [0.25, 0.3) is 22.3 Å². The molecule has 2 aliphatic rings. The topological polar surface area (TPSA) is 333 Å². The number of hydrogen-bond acceptors (Lipinski definition) is 18. The number of nitrogens with two attached hydrogens (primary N) is 2. The van der Waals surface area contributed by atoms with E-state index >= 15 is 4.39 Å². The predicted molar refractivity (Wildman–Crippen MR) is 141 cm³/mol. The summed E-state index contributed by atoms with van der Waals surface area (Å²) in [6.45, 7) is -0.894. The first-order chi connectivity index (χ1) is 21.3. The maximum absolute atomic E-state index is 15.1. The molecule has 10 atom stereocenters. The first-order valence-electron chi connectivity index (χ1n) is 12.6. The number of nitrogens with zero attached hydrogens (tertiary/aromatic N) is 8. The maximum Gasteiger partial charge on any atom is 0.534 e. The van der Waals surface area contributed by atoms with E-state index < -0.39 is 83.7 Å². The van der Waals surface area contributed by atoms with E-state index in [0.29, 0.717) is 0 Å². The number of aliphatic hydroxyl groups excluding tert-OH is 2. The van der Waals surface area contributed by atoms with Crippen molar-refractivity contribution in [1.82, 2.24) is 44.5 Å². The van der Waals surface area contributed by atoms with E-state index in [2.05, 4.69) is 35.2 Å². The Labute approximate surface area is 248 Å². The van der Waals surface area contributed by atoms with Gasteiger partial charge in [0.1, 0.15) is 36.3 Å². The van der Waals surface area contributed by atoms with E-state index in [1.165, 1.54) is 6.33 Å². The number of phosphoric ester groups is 1. The molecule has 0 amide bonds. The van der Waals surface area contributed by atoms with Crippen LogP contribution in [0, 0.1) is 0 Å². The molecule has 0 aromatic carbocycles. The molecule has 45 heavy (non-hydrogen) atoms. The number of nitrogen functional groups attached to an aromatic ring is 2. The molecule has 0 spiro atoms. The zero-order valence-corrected chi connectivity index (χ0v) is 24.0. The second-order valence-corrected chi connectivity index (χ2v) is 12.0. The van der Waals surface area contributed by atoms with Crippen LogP contribution in [-0.2, 0) is 32.4 Å². The van der Waals surface area contributed by atoms with Gasteiger partial charge < -0.3 is 40.8 Å². The van der Waals surface area contributed by atoms with Crippen LogP contribution in [0.4, 0.5) is 16.2 Å². The largest absolute Gasteiger partial charge is 0.534 e. The smallest absolute Gasteiger partial charge is 0.387 e. The molecular weight excluding hydrogens is 655 g/mol. The van der Waals surface area contributed by atoms with Gasteiger partial charge in [0.15, 0.2) is 47.5 Å². The van der Waals surface area contributed by atoms with E-state index in [9.17, 15) is 29.0 Å². The van der Waals surface area contributed by atoms with Crippen LogP contribution in [0.2, 0.25) is 0 Å². The molecule has 23 nitrogen and oxygen atoms in total. The lowest BCUT2D eigenvalue weighted by atomic mass is 10.1. The van der Waals surface area contributed by atoms with Crippen molar-refractivity contribution in [3.05, 3.63) is 23.0 Å². The van der Waals surface area contributed by atoms with E-state index in [1.807, 2.05) is 0 Å². The van der Waals surface area contributed by atoms with Gasteiger partial charge in [0.25, 0.3) is 11.9 Å². The Bertz CT molecular complexity index is 1860. The number of aromatic amines is 1. The fraction of sp³-hybridized carbons (Fsp3) is 0.526. The van der Waals surface area contributed by atoms with Gasteiger partial charge >= 0.3 is 15.9 Å². The number of aliphatic hydroxyl groups is 2. The molecule has 6 rings (SSSR count). The van der Waals surface area contributed by atoms with Crippen molar-refractivity contribution in [2.24, 2.45) is 0 Å². The average Bonchev–Trinajstić information content (AvgIpc) is 3.73. The van der Waals surface area contributed by atoms with Crippen LogP contribution < -0.4 is 17.0 Å². The minimum absolute atomic E-state index is 0.0186. The molecule has 0 aliphatic carbocycles. The van der Waals surface area contributed by atoms with E-state index in [1.54, 1.807) is 0 Å².